The minimum Gasteiger partial charge on any atom is -0.396 e. The van der Waals surface area contributed by atoms with Crippen molar-refractivity contribution >= 4 is 102 Å². The van der Waals surface area contributed by atoms with Crippen molar-refractivity contribution in [3.63, 3.8) is 0 Å². The van der Waals surface area contributed by atoms with Gasteiger partial charge in [0.05, 0.1) is 18.5 Å². The molecule has 6 heteroatoms. The average molecular weight is 612 g/mol. The average Bonchev–Trinajstić information content (AvgIpc) is 2.08. The summed E-state index contributed by atoms with van der Waals surface area (Å²) in [6.45, 7) is 0. The fourth-order valence-electron chi connectivity index (χ4n) is 0.666. The van der Waals surface area contributed by atoms with E-state index in [1.54, 1.807) is 0 Å². The Balaban J connectivity index is 3.60. The van der Waals surface area contributed by atoms with Gasteiger partial charge in [0.1, 0.15) is 0 Å². The Morgan fingerprint density at radius 2 is 0.833 bits per heavy atom. The largest absolute Gasteiger partial charge is 0.396 e. The molecule has 0 radical (unpaired) electrons. The number of anilines is 2. The van der Waals surface area contributed by atoms with E-state index in [0.717, 1.165) is 7.14 Å². The summed E-state index contributed by atoms with van der Waals surface area (Å²) in [5.41, 5.74) is 13.0. The van der Waals surface area contributed by atoms with Gasteiger partial charge in [-0.3, -0.25) is 0 Å². The molecule has 0 heterocycles. The molecule has 0 spiro atoms. The van der Waals surface area contributed by atoms with Crippen LogP contribution in [0.4, 0.5) is 11.4 Å². The molecule has 0 unspecified atom stereocenters. The van der Waals surface area contributed by atoms with Gasteiger partial charge in [-0.25, -0.2) is 0 Å². The van der Waals surface area contributed by atoms with E-state index in [0.29, 0.717) is 11.4 Å². The lowest BCUT2D eigenvalue weighted by atomic mass is 10.3. The van der Waals surface area contributed by atoms with Crippen LogP contribution in [0.5, 0.6) is 0 Å². The second-order valence-electron chi connectivity index (χ2n) is 2.08. The standard InChI is InChI=1S/C6H4I4N2/c7-1-2(8)4(10)6(12)5(11)3(1)9/h11-12H2. The molecule has 0 aliphatic rings. The minimum atomic E-state index is 0.699. The molecule has 0 saturated heterocycles. The van der Waals surface area contributed by atoms with Crippen LogP contribution in [0.3, 0.4) is 0 Å². The fraction of sp³-hybridized carbons (Fsp3) is 0. The van der Waals surface area contributed by atoms with E-state index in [4.69, 9.17) is 11.5 Å². The first-order valence-corrected chi connectivity index (χ1v) is 7.15. The van der Waals surface area contributed by atoms with E-state index in [-0.39, 0.29) is 0 Å². The summed E-state index contributed by atoms with van der Waals surface area (Å²) in [7, 11) is 0. The summed E-state index contributed by atoms with van der Waals surface area (Å²) in [4.78, 5) is 0. The monoisotopic (exact) mass is 612 g/mol. The second kappa shape index (κ2) is 4.51. The van der Waals surface area contributed by atoms with E-state index in [1.165, 1.54) is 7.14 Å². The summed E-state index contributed by atoms with van der Waals surface area (Å²) in [5.74, 6) is 0. The Bertz CT molecular complexity index is 232. The molecule has 1 rings (SSSR count). The molecule has 0 atom stereocenters. The third kappa shape index (κ3) is 2.04. The minimum absolute atomic E-state index is 0.699. The van der Waals surface area contributed by atoms with E-state index in [9.17, 15) is 0 Å². The molecule has 1 aromatic rings. The van der Waals surface area contributed by atoms with Crippen LogP contribution in [-0.4, -0.2) is 0 Å². The van der Waals surface area contributed by atoms with Crippen LogP contribution < -0.4 is 11.5 Å². The maximum atomic E-state index is 5.81. The van der Waals surface area contributed by atoms with Crippen molar-refractivity contribution in [1.82, 2.24) is 0 Å². The van der Waals surface area contributed by atoms with Crippen molar-refractivity contribution < 1.29 is 0 Å². The molecule has 0 amide bonds. The Kier molecular flexibility index (Phi) is 4.44. The normalized spacial score (nSPS) is 10.3. The number of hydrogen-bond donors (Lipinski definition) is 2. The summed E-state index contributed by atoms with van der Waals surface area (Å²) < 4.78 is 4.47. The molecule has 1 aromatic carbocycles. The Morgan fingerprint density at radius 1 is 0.583 bits per heavy atom. The van der Waals surface area contributed by atoms with Crippen LogP contribution >= 0.6 is 90.4 Å². The molecule has 4 N–H and O–H groups in total. The molecule has 0 saturated carbocycles. The molecule has 0 aliphatic carbocycles. The number of nitrogens with two attached hydrogens (primary N) is 2. The van der Waals surface area contributed by atoms with E-state index < -0.39 is 0 Å². The van der Waals surface area contributed by atoms with Crippen molar-refractivity contribution in [2.75, 3.05) is 11.5 Å². The molecule has 0 aliphatic heterocycles. The van der Waals surface area contributed by atoms with Gasteiger partial charge in [0, 0.05) is 7.14 Å². The highest BCUT2D eigenvalue weighted by Gasteiger charge is 2.14. The van der Waals surface area contributed by atoms with Crippen LogP contribution in [0.2, 0.25) is 0 Å². The van der Waals surface area contributed by atoms with Gasteiger partial charge in [0.25, 0.3) is 0 Å². The second-order valence-corrected chi connectivity index (χ2v) is 6.40. The lowest BCUT2D eigenvalue weighted by Crippen LogP contribution is -2.04. The number of nitrogen functional groups attached to an aromatic ring is 2. The molecule has 2 nitrogen and oxygen atoms in total. The van der Waals surface area contributed by atoms with Gasteiger partial charge in [-0.05, 0) is 90.4 Å². The maximum Gasteiger partial charge on any atom is 0.0706 e. The van der Waals surface area contributed by atoms with Crippen molar-refractivity contribution in [2.45, 2.75) is 0 Å². The van der Waals surface area contributed by atoms with Crippen LogP contribution in [0.15, 0.2) is 0 Å². The highest BCUT2D eigenvalue weighted by molar-refractivity contribution is 14.1. The summed E-state index contributed by atoms with van der Waals surface area (Å²) in [6.07, 6.45) is 0. The quantitative estimate of drug-likeness (QED) is 0.205. The topological polar surface area (TPSA) is 52.0 Å². The van der Waals surface area contributed by atoms with Crippen molar-refractivity contribution in [1.29, 1.82) is 0 Å². The highest BCUT2D eigenvalue weighted by Crippen LogP contribution is 2.35. The van der Waals surface area contributed by atoms with Crippen LogP contribution in [0.25, 0.3) is 0 Å². The third-order valence-corrected chi connectivity index (χ3v) is 8.84. The first-order valence-electron chi connectivity index (χ1n) is 2.83. The van der Waals surface area contributed by atoms with Gasteiger partial charge in [0.15, 0.2) is 0 Å². The lowest BCUT2D eigenvalue weighted by molar-refractivity contribution is 1.47. The van der Waals surface area contributed by atoms with Crippen molar-refractivity contribution in [2.24, 2.45) is 0 Å². The molecule has 66 valence electrons. The van der Waals surface area contributed by atoms with Gasteiger partial charge in [0.2, 0.25) is 0 Å². The first-order chi connectivity index (χ1) is 5.46. The Labute approximate surface area is 125 Å². The smallest absolute Gasteiger partial charge is 0.0706 e. The third-order valence-electron chi connectivity index (χ3n) is 1.34. The molecule has 0 bridgehead atoms. The van der Waals surface area contributed by atoms with E-state index >= 15 is 0 Å². The van der Waals surface area contributed by atoms with Crippen LogP contribution in [0, 0.1) is 14.3 Å². The van der Waals surface area contributed by atoms with Crippen molar-refractivity contribution in [3.05, 3.63) is 14.3 Å². The van der Waals surface area contributed by atoms with E-state index in [1.807, 2.05) is 0 Å². The number of benzene rings is 1. The zero-order chi connectivity index (χ0) is 9.46. The Hall–Kier alpha value is 1.74. The zero-order valence-electron chi connectivity index (χ0n) is 5.67. The van der Waals surface area contributed by atoms with Gasteiger partial charge in [-0.15, -0.1) is 0 Å². The van der Waals surface area contributed by atoms with Crippen LogP contribution in [-0.2, 0) is 0 Å². The summed E-state index contributed by atoms with van der Waals surface area (Å²) in [5, 5.41) is 0. The molecular formula is C6H4I4N2. The molecule has 12 heavy (non-hydrogen) atoms. The first kappa shape index (κ1) is 11.8. The van der Waals surface area contributed by atoms with Gasteiger partial charge in [-0.1, -0.05) is 0 Å². The maximum absolute atomic E-state index is 5.81. The molecule has 0 aromatic heterocycles. The van der Waals surface area contributed by atoms with Gasteiger partial charge in [-0.2, -0.15) is 0 Å². The van der Waals surface area contributed by atoms with Gasteiger partial charge < -0.3 is 11.5 Å². The van der Waals surface area contributed by atoms with Crippen LogP contribution in [0.1, 0.15) is 0 Å². The number of hydrogen-bond acceptors (Lipinski definition) is 2. The summed E-state index contributed by atoms with van der Waals surface area (Å²) in [6, 6.07) is 0. The predicted molar refractivity (Wildman–Crippen MR) is 86.1 cm³/mol. The summed E-state index contributed by atoms with van der Waals surface area (Å²) >= 11 is 9.00. The van der Waals surface area contributed by atoms with Crippen molar-refractivity contribution in [3.8, 4) is 0 Å². The fourth-order valence-corrected chi connectivity index (χ4v) is 3.94. The number of halogens is 4. The Morgan fingerprint density at radius 3 is 1.08 bits per heavy atom. The lowest BCUT2D eigenvalue weighted by Gasteiger charge is -2.10. The highest BCUT2D eigenvalue weighted by atomic mass is 127. The molecule has 0 fully saturated rings. The number of rotatable bonds is 0. The van der Waals surface area contributed by atoms with E-state index in [2.05, 4.69) is 90.4 Å². The zero-order valence-corrected chi connectivity index (χ0v) is 14.3. The molecular weight excluding hydrogens is 608 g/mol. The van der Waals surface area contributed by atoms with Gasteiger partial charge >= 0.3 is 0 Å². The predicted octanol–water partition coefficient (Wildman–Crippen LogP) is 3.27. The SMILES string of the molecule is Nc1c(N)c(I)c(I)c(I)c1I.